The summed E-state index contributed by atoms with van der Waals surface area (Å²) in [5.74, 6) is 0. The quantitative estimate of drug-likeness (QED) is 0.727. The lowest BCUT2D eigenvalue weighted by Crippen LogP contribution is -2.50. The lowest BCUT2D eigenvalue weighted by atomic mass is 10.2. The van der Waals surface area contributed by atoms with Gasteiger partial charge in [-0.15, -0.1) is 0 Å². The van der Waals surface area contributed by atoms with E-state index >= 15 is 0 Å². The molecular formula is C20H27N7O2. The molecule has 3 aromatic rings. The molecule has 1 aliphatic rings. The number of carbonyl (C=O) groups excluding carboxylic acids is 1. The maximum atomic E-state index is 12.2. The summed E-state index contributed by atoms with van der Waals surface area (Å²) in [4.78, 5) is 28.1. The zero-order valence-corrected chi connectivity index (χ0v) is 17.1. The molecule has 29 heavy (non-hydrogen) atoms. The van der Waals surface area contributed by atoms with Crippen molar-refractivity contribution in [3.8, 4) is 11.3 Å². The Morgan fingerprint density at radius 3 is 2.72 bits per heavy atom. The Labute approximate surface area is 169 Å². The fourth-order valence-electron chi connectivity index (χ4n) is 3.43. The molecular weight excluding hydrogens is 370 g/mol. The van der Waals surface area contributed by atoms with Crippen molar-refractivity contribution in [2.45, 2.75) is 32.9 Å². The molecule has 1 amide bonds. The second-order valence-electron chi connectivity index (χ2n) is 8.26. The van der Waals surface area contributed by atoms with Crippen LogP contribution in [-0.2, 0) is 11.3 Å². The number of hydrogen-bond donors (Lipinski definition) is 1. The normalized spacial score (nSPS) is 15.8. The van der Waals surface area contributed by atoms with Crippen LogP contribution in [-0.4, -0.2) is 79.0 Å². The standard InChI is InChI=1S/C20H27N7O2/c1-20(2,3)29-19(28)26-9-6-25(7-10-26)8-11-27-13-15(12-24-27)17-16-4-5-21-18(16)23-14-22-17/h4-5,12-14H,6-11H2,1-3H3,(H,21,22,23). The van der Waals surface area contributed by atoms with Gasteiger partial charge in [-0.1, -0.05) is 0 Å². The summed E-state index contributed by atoms with van der Waals surface area (Å²) < 4.78 is 7.39. The Hall–Kier alpha value is -2.94. The molecule has 1 fully saturated rings. The summed E-state index contributed by atoms with van der Waals surface area (Å²) in [6.45, 7) is 10.4. The number of nitrogens with one attached hydrogen (secondary N) is 1. The molecule has 0 bridgehead atoms. The fraction of sp³-hybridized carbons (Fsp3) is 0.500. The average molecular weight is 397 g/mol. The summed E-state index contributed by atoms with van der Waals surface area (Å²) in [5.41, 5.74) is 2.23. The minimum atomic E-state index is -0.457. The Balaban J connectivity index is 1.30. The smallest absolute Gasteiger partial charge is 0.410 e. The Kier molecular flexibility index (Phi) is 5.23. The van der Waals surface area contributed by atoms with E-state index in [1.807, 2.05) is 50.1 Å². The van der Waals surface area contributed by atoms with Crippen LogP contribution >= 0.6 is 0 Å². The van der Waals surface area contributed by atoms with Crippen molar-refractivity contribution in [1.82, 2.24) is 34.5 Å². The minimum absolute atomic E-state index is 0.227. The third kappa shape index (κ3) is 4.56. The number of hydrogen-bond acceptors (Lipinski definition) is 6. The van der Waals surface area contributed by atoms with Crippen molar-refractivity contribution < 1.29 is 9.53 Å². The van der Waals surface area contributed by atoms with Crippen molar-refractivity contribution in [2.24, 2.45) is 0 Å². The topological polar surface area (TPSA) is 92.2 Å². The minimum Gasteiger partial charge on any atom is -0.444 e. The third-order valence-corrected chi connectivity index (χ3v) is 4.93. The molecule has 4 heterocycles. The molecule has 0 spiro atoms. The highest BCUT2D eigenvalue weighted by molar-refractivity contribution is 5.89. The van der Waals surface area contributed by atoms with Crippen molar-refractivity contribution in [3.05, 3.63) is 31.0 Å². The first-order valence-electron chi connectivity index (χ1n) is 9.90. The largest absolute Gasteiger partial charge is 0.444 e. The van der Waals surface area contributed by atoms with Gasteiger partial charge in [0.2, 0.25) is 0 Å². The van der Waals surface area contributed by atoms with E-state index in [1.54, 1.807) is 11.2 Å². The number of aromatic amines is 1. The summed E-state index contributed by atoms with van der Waals surface area (Å²) in [5, 5.41) is 5.48. The number of H-pyrrole nitrogens is 1. The highest BCUT2D eigenvalue weighted by Gasteiger charge is 2.25. The van der Waals surface area contributed by atoms with Gasteiger partial charge in [0, 0.05) is 56.1 Å². The van der Waals surface area contributed by atoms with Gasteiger partial charge in [-0.25, -0.2) is 14.8 Å². The van der Waals surface area contributed by atoms with Crippen LogP contribution in [0.25, 0.3) is 22.3 Å². The summed E-state index contributed by atoms with van der Waals surface area (Å²) in [7, 11) is 0. The Morgan fingerprint density at radius 1 is 1.17 bits per heavy atom. The van der Waals surface area contributed by atoms with E-state index in [4.69, 9.17) is 4.74 Å². The molecule has 1 saturated heterocycles. The highest BCUT2D eigenvalue weighted by Crippen LogP contribution is 2.24. The van der Waals surface area contributed by atoms with Gasteiger partial charge in [0.25, 0.3) is 0 Å². The monoisotopic (exact) mass is 397 g/mol. The number of carbonyl (C=O) groups is 1. The van der Waals surface area contributed by atoms with Crippen LogP contribution in [0.15, 0.2) is 31.0 Å². The van der Waals surface area contributed by atoms with Crippen molar-refractivity contribution in [3.63, 3.8) is 0 Å². The zero-order valence-electron chi connectivity index (χ0n) is 17.1. The number of nitrogens with zero attached hydrogens (tertiary/aromatic N) is 6. The Bertz CT molecular complexity index is 980. The second kappa shape index (κ2) is 7.82. The molecule has 3 aromatic heterocycles. The number of piperazine rings is 1. The number of amides is 1. The summed E-state index contributed by atoms with van der Waals surface area (Å²) in [6, 6.07) is 1.98. The van der Waals surface area contributed by atoms with Crippen LogP contribution in [0.4, 0.5) is 4.79 Å². The molecule has 0 saturated carbocycles. The first kappa shape index (κ1) is 19.4. The van der Waals surface area contributed by atoms with Crippen LogP contribution in [0.1, 0.15) is 20.8 Å². The molecule has 154 valence electrons. The lowest BCUT2D eigenvalue weighted by molar-refractivity contribution is 0.0142. The molecule has 1 aliphatic heterocycles. The van der Waals surface area contributed by atoms with E-state index < -0.39 is 5.60 Å². The summed E-state index contributed by atoms with van der Waals surface area (Å²) in [6.07, 6.45) is 7.07. The van der Waals surface area contributed by atoms with Crippen molar-refractivity contribution >= 4 is 17.1 Å². The molecule has 0 atom stereocenters. The highest BCUT2D eigenvalue weighted by atomic mass is 16.6. The van der Waals surface area contributed by atoms with Gasteiger partial charge in [-0.3, -0.25) is 9.58 Å². The van der Waals surface area contributed by atoms with Gasteiger partial charge in [0.15, 0.2) is 0 Å². The van der Waals surface area contributed by atoms with E-state index in [0.29, 0.717) is 13.1 Å². The maximum absolute atomic E-state index is 12.2. The number of rotatable bonds is 4. The van der Waals surface area contributed by atoms with Crippen LogP contribution in [0, 0.1) is 0 Å². The maximum Gasteiger partial charge on any atom is 0.410 e. The molecule has 9 nitrogen and oxygen atoms in total. The van der Waals surface area contributed by atoms with E-state index in [9.17, 15) is 4.79 Å². The first-order chi connectivity index (χ1) is 13.9. The number of aromatic nitrogens is 5. The number of ether oxygens (including phenoxy) is 1. The molecule has 4 rings (SSSR count). The lowest BCUT2D eigenvalue weighted by Gasteiger charge is -2.35. The van der Waals surface area contributed by atoms with E-state index in [-0.39, 0.29) is 6.09 Å². The molecule has 0 aromatic carbocycles. The van der Waals surface area contributed by atoms with Gasteiger partial charge in [0.05, 0.1) is 18.4 Å². The van der Waals surface area contributed by atoms with Crippen LogP contribution in [0.2, 0.25) is 0 Å². The van der Waals surface area contributed by atoms with Gasteiger partial charge in [-0.2, -0.15) is 5.10 Å². The van der Waals surface area contributed by atoms with Gasteiger partial charge < -0.3 is 14.6 Å². The average Bonchev–Trinajstić information content (AvgIpc) is 3.34. The van der Waals surface area contributed by atoms with Crippen LogP contribution in [0.5, 0.6) is 0 Å². The van der Waals surface area contributed by atoms with E-state index in [2.05, 4.69) is 25.0 Å². The predicted molar refractivity (Wildman–Crippen MR) is 109 cm³/mol. The first-order valence-corrected chi connectivity index (χ1v) is 9.90. The predicted octanol–water partition coefficient (Wildman–Crippen LogP) is 2.37. The summed E-state index contributed by atoms with van der Waals surface area (Å²) >= 11 is 0. The van der Waals surface area contributed by atoms with E-state index in [1.165, 1.54) is 0 Å². The second-order valence-corrected chi connectivity index (χ2v) is 8.26. The van der Waals surface area contributed by atoms with Crippen molar-refractivity contribution in [1.29, 1.82) is 0 Å². The molecule has 0 aliphatic carbocycles. The third-order valence-electron chi connectivity index (χ3n) is 4.93. The van der Waals surface area contributed by atoms with E-state index in [0.717, 1.165) is 48.5 Å². The Morgan fingerprint density at radius 2 is 1.97 bits per heavy atom. The van der Waals surface area contributed by atoms with Gasteiger partial charge in [0.1, 0.15) is 17.6 Å². The van der Waals surface area contributed by atoms with Crippen LogP contribution < -0.4 is 0 Å². The van der Waals surface area contributed by atoms with Gasteiger partial charge in [-0.05, 0) is 26.8 Å². The zero-order chi connectivity index (χ0) is 20.4. The molecule has 0 unspecified atom stereocenters. The SMILES string of the molecule is CC(C)(C)OC(=O)N1CCN(CCn2cc(-c3ncnc4[nH]ccc34)cn2)CC1. The number of fused-ring (bicyclic) bond motifs is 1. The van der Waals surface area contributed by atoms with Crippen LogP contribution in [0.3, 0.4) is 0 Å². The molecule has 0 radical (unpaired) electrons. The molecule has 1 N–H and O–H groups in total. The van der Waals surface area contributed by atoms with Gasteiger partial charge >= 0.3 is 6.09 Å². The van der Waals surface area contributed by atoms with Crippen molar-refractivity contribution in [2.75, 3.05) is 32.7 Å². The fourth-order valence-corrected chi connectivity index (χ4v) is 3.43. The molecule has 9 heteroatoms.